The highest BCUT2D eigenvalue weighted by atomic mass is 35.5. The number of aromatic nitrogens is 1. The molecule has 1 fully saturated rings. The van der Waals surface area contributed by atoms with Crippen molar-refractivity contribution < 1.29 is 13.6 Å². The summed E-state index contributed by atoms with van der Waals surface area (Å²) in [4.78, 5) is 18.4. The number of carbonyl (C=O) groups excluding carboxylic acids is 1. The number of carbonyl (C=O) groups is 1. The van der Waals surface area contributed by atoms with Gasteiger partial charge in [0.1, 0.15) is 0 Å². The van der Waals surface area contributed by atoms with Crippen molar-refractivity contribution in [2.45, 2.75) is 5.92 Å². The van der Waals surface area contributed by atoms with Gasteiger partial charge >= 0.3 is 0 Å². The molecule has 1 amide bonds. The van der Waals surface area contributed by atoms with Gasteiger partial charge in [0.2, 0.25) is 5.76 Å². The fraction of sp³-hybridized carbons (Fsp3) is 0.176. The average molecular weight is 329 g/mol. The Bertz CT molecular complexity index is 818. The first kappa shape index (κ1) is 14.1. The number of amides is 1. The molecule has 0 atom stereocenters. The van der Waals surface area contributed by atoms with E-state index in [0.29, 0.717) is 35.6 Å². The van der Waals surface area contributed by atoms with E-state index in [1.165, 1.54) is 18.2 Å². The molecular weight excluding hydrogens is 316 g/mol. The quantitative estimate of drug-likeness (QED) is 0.733. The van der Waals surface area contributed by atoms with Crippen LogP contribution in [0.5, 0.6) is 0 Å². The molecule has 1 aliphatic heterocycles. The molecule has 0 N–H and O–H groups in total. The van der Waals surface area contributed by atoms with E-state index in [-0.39, 0.29) is 11.6 Å². The summed E-state index contributed by atoms with van der Waals surface area (Å²) in [5, 5.41) is 0.715. The molecule has 116 valence electrons. The van der Waals surface area contributed by atoms with Crippen LogP contribution in [-0.2, 0) is 0 Å². The van der Waals surface area contributed by atoms with E-state index < -0.39 is 0 Å². The van der Waals surface area contributed by atoms with E-state index in [4.69, 9.17) is 20.4 Å². The predicted octanol–water partition coefficient (Wildman–Crippen LogP) is 3.83. The van der Waals surface area contributed by atoms with Crippen LogP contribution in [0.15, 0.2) is 57.9 Å². The second-order valence-corrected chi connectivity index (χ2v) is 5.90. The minimum atomic E-state index is -0.143. The maximum absolute atomic E-state index is 12.6. The highest BCUT2D eigenvalue weighted by molar-refractivity contribution is 6.30. The van der Waals surface area contributed by atoms with Crippen molar-refractivity contribution in [3.8, 4) is 11.5 Å². The molecule has 5 nitrogen and oxygen atoms in total. The van der Waals surface area contributed by atoms with E-state index >= 15 is 0 Å². The van der Waals surface area contributed by atoms with Gasteiger partial charge < -0.3 is 13.7 Å². The summed E-state index contributed by atoms with van der Waals surface area (Å²) in [6.07, 6.45) is 2.80. The normalized spacial score (nSPS) is 14.7. The zero-order valence-corrected chi connectivity index (χ0v) is 12.9. The maximum atomic E-state index is 12.6. The van der Waals surface area contributed by atoms with Crippen LogP contribution in [0.4, 0.5) is 0 Å². The molecule has 1 saturated heterocycles. The van der Waals surface area contributed by atoms with Crippen molar-refractivity contribution in [3.05, 3.63) is 65.3 Å². The summed E-state index contributed by atoms with van der Waals surface area (Å²) in [5.41, 5.74) is 1.47. The lowest BCUT2D eigenvalue weighted by atomic mass is 9.91. The standard InChI is InChI=1S/C17H13ClN2O3/c18-13-5-3-11(4-6-13)12-8-20(9-12)17(21)15-16(23-10-19-15)14-2-1-7-22-14/h1-7,10,12H,8-9H2. The van der Waals surface area contributed by atoms with Gasteiger partial charge in [0.05, 0.1) is 6.26 Å². The van der Waals surface area contributed by atoms with Crippen LogP contribution in [0.2, 0.25) is 5.02 Å². The Hall–Kier alpha value is -2.53. The first-order valence-electron chi connectivity index (χ1n) is 7.24. The van der Waals surface area contributed by atoms with Gasteiger partial charge in [0.25, 0.3) is 5.91 Å². The second kappa shape index (κ2) is 5.59. The Morgan fingerprint density at radius 3 is 2.65 bits per heavy atom. The first-order valence-corrected chi connectivity index (χ1v) is 7.62. The lowest BCUT2D eigenvalue weighted by Gasteiger charge is -2.39. The van der Waals surface area contributed by atoms with E-state index in [9.17, 15) is 4.79 Å². The fourth-order valence-electron chi connectivity index (χ4n) is 2.72. The topological polar surface area (TPSA) is 59.5 Å². The molecule has 3 heterocycles. The molecular formula is C17H13ClN2O3. The third-order valence-electron chi connectivity index (χ3n) is 4.03. The molecule has 2 aromatic heterocycles. The van der Waals surface area contributed by atoms with Gasteiger partial charge in [-0.2, -0.15) is 0 Å². The van der Waals surface area contributed by atoms with Crippen molar-refractivity contribution in [3.63, 3.8) is 0 Å². The number of nitrogens with zero attached hydrogens (tertiary/aromatic N) is 2. The third kappa shape index (κ3) is 2.53. The smallest absolute Gasteiger partial charge is 0.276 e. The predicted molar refractivity (Wildman–Crippen MR) is 84.3 cm³/mol. The van der Waals surface area contributed by atoms with E-state index in [1.54, 1.807) is 17.0 Å². The Labute approximate surface area is 137 Å². The van der Waals surface area contributed by atoms with Crippen LogP contribution in [0.1, 0.15) is 22.0 Å². The highest BCUT2D eigenvalue weighted by Gasteiger charge is 2.35. The SMILES string of the molecule is O=C(c1ncoc1-c1ccco1)N1CC(c2ccc(Cl)cc2)C1. The van der Waals surface area contributed by atoms with Gasteiger partial charge in [0.15, 0.2) is 17.8 Å². The molecule has 0 aliphatic carbocycles. The Morgan fingerprint density at radius 2 is 1.96 bits per heavy atom. The minimum absolute atomic E-state index is 0.143. The average Bonchev–Trinajstić information content (AvgIpc) is 3.18. The van der Waals surface area contributed by atoms with Crippen molar-refractivity contribution in [2.24, 2.45) is 0 Å². The molecule has 0 spiro atoms. The molecule has 4 rings (SSSR count). The zero-order valence-electron chi connectivity index (χ0n) is 12.1. The molecule has 0 unspecified atom stereocenters. The van der Waals surface area contributed by atoms with Gasteiger partial charge in [0, 0.05) is 24.0 Å². The van der Waals surface area contributed by atoms with Crippen molar-refractivity contribution in [1.82, 2.24) is 9.88 Å². The van der Waals surface area contributed by atoms with Crippen LogP contribution in [0, 0.1) is 0 Å². The van der Waals surface area contributed by atoms with Crippen LogP contribution in [-0.4, -0.2) is 28.9 Å². The first-order chi connectivity index (χ1) is 11.2. The van der Waals surface area contributed by atoms with Crippen LogP contribution >= 0.6 is 11.6 Å². The molecule has 0 saturated carbocycles. The Balaban J connectivity index is 1.48. The molecule has 3 aromatic rings. The van der Waals surface area contributed by atoms with Gasteiger partial charge in [-0.3, -0.25) is 4.79 Å². The molecule has 0 bridgehead atoms. The summed E-state index contributed by atoms with van der Waals surface area (Å²) >= 11 is 5.90. The number of halogens is 1. The summed E-state index contributed by atoms with van der Waals surface area (Å²) in [5.74, 6) is 1.06. The summed E-state index contributed by atoms with van der Waals surface area (Å²) in [6, 6.07) is 11.2. The number of oxazole rings is 1. The largest absolute Gasteiger partial charge is 0.461 e. The molecule has 1 aromatic carbocycles. The van der Waals surface area contributed by atoms with Crippen molar-refractivity contribution in [2.75, 3.05) is 13.1 Å². The van der Waals surface area contributed by atoms with Crippen LogP contribution < -0.4 is 0 Å². The number of furan rings is 1. The molecule has 6 heteroatoms. The number of benzene rings is 1. The van der Waals surface area contributed by atoms with E-state index in [0.717, 1.165) is 0 Å². The maximum Gasteiger partial charge on any atom is 0.276 e. The van der Waals surface area contributed by atoms with Crippen LogP contribution in [0.25, 0.3) is 11.5 Å². The second-order valence-electron chi connectivity index (χ2n) is 5.47. The molecule has 1 aliphatic rings. The fourth-order valence-corrected chi connectivity index (χ4v) is 2.85. The van der Waals surface area contributed by atoms with Gasteiger partial charge in [-0.15, -0.1) is 0 Å². The summed E-state index contributed by atoms with van der Waals surface area (Å²) in [6.45, 7) is 1.32. The number of hydrogen-bond donors (Lipinski definition) is 0. The highest BCUT2D eigenvalue weighted by Crippen LogP contribution is 2.31. The monoisotopic (exact) mass is 328 g/mol. The van der Waals surface area contributed by atoms with Gasteiger partial charge in [-0.1, -0.05) is 23.7 Å². The molecule has 23 heavy (non-hydrogen) atoms. The lowest BCUT2D eigenvalue weighted by molar-refractivity contribution is 0.0597. The van der Waals surface area contributed by atoms with E-state index in [2.05, 4.69) is 4.98 Å². The van der Waals surface area contributed by atoms with Gasteiger partial charge in [-0.25, -0.2) is 4.98 Å². The zero-order chi connectivity index (χ0) is 15.8. The van der Waals surface area contributed by atoms with Crippen LogP contribution in [0.3, 0.4) is 0 Å². The minimum Gasteiger partial charge on any atom is -0.461 e. The number of likely N-dealkylation sites (tertiary alicyclic amines) is 1. The third-order valence-corrected chi connectivity index (χ3v) is 4.28. The molecule has 0 radical (unpaired) electrons. The Kier molecular flexibility index (Phi) is 3.42. The van der Waals surface area contributed by atoms with Crippen molar-refractivity contribution in [1.29, 1.82) is 0 Å². The van der Waals surface area contributed by atoms with Gasteiger partial charge in [-0.05, 0) is 29.8 Å². The number of hydrogen-bond acceptors (Lipinski definition) is 4. The Morgan fingerprint density at radius 1 is 1.17 bits per heavy atom. The lowest BCUT2D eigenvalue weighted by Crippen LogP contribution is -2.48. The van der Waals surface area contributed by atoms with E-state index in [1.807, 2.05) is 24.3 Å². The number of rotatable bonds is 3. The summed E-state index contributed by atoms with van der Waals surface area (Å²) in [7, 11) is 0. The summed E-state index contributed by atoms with van der Waals surface area (Å²) < 4.78 is 10.6. The van der Waals surface area contributed by atoms with Crippen molar-refractivity contribution >= 4 is 17.5 Å².